The Morgan fingerprint density at radius 2 is 2.20 bits per heavy atom. The first kappa shape index (κ1) is 12.0. The van der Waals surface area contributed by atoms with Crippen LogP contribution < -0.4 is 4.74 Å². The Bertz CT molecular complexity index is 398. The Kier molecular flexibility index (Phi) is 4.10. The van der Waals surface area contributed by atoms with Crippen molar-refractivity contribution in [3.05, 3.63) is 28.0 Å². The van der Waals surface area contributed by atoms with Gasteiger partial charge in [-0.3, -0.25) is 0 Å². The molecule has 1 aromatic carbocycles. The molecule has 0 saturated heterocycles. The van der Waals surface area contributed by atoms with Crippen LogP contribution >= 0.6 is 15.9 Å². The van der Waals surface area contributed by atoms with Gasteiger partial charge in [-0.2, -0.15) is 5.26 Å². The van der Waals surface area contributed by atoms with Gasteiger partial charge in [0.2, 0.25) is 0 Å². The molecule has 0 aliphatic heterocycles. The third kappa shape index (κ3) is 2.93. The summed E-state index contributed by atoms with van der Waals surface area (Å²) in [7, 11) is 0. The van der Waals surface area contributed by atoms with Crippen molar-refractivity contribution in [2.75, 3.05) is 6.61 Å². The van der Waals surface area contributed by atoms with Crippen LogP contribution in [0.2, 0.25) is 0 Å². The summed E-state index contributed by atoms with van der Waals surface area (Å²) in [6.45, 7) is 4.31. The van der Waals surface area contributed by atoms with Crippen LogP contribution in [0, 0.1) is 23.1 Å². The first-order chi connectivity index (χ1) is 7.06. The van der Waals surface area contributed by atoms with E-state index in [9.17, 15) is 4.39 Å². The first-order valence-electron chi connectivity index (χ1n) is 4.57. The molecule has 2 nitrogen and oxygen atoms in total. The predicted molar refractivity (Wildman–Crippen MR) is 59.1 cm³/mol. The fourth-order valence-electron chi connectivity index (χ4n) is 1.01. The summed E-state index contributed by atoms with van der Waals surface area (Å²) in [5, 5.41) is 8.79. The van der Waals surface area contributed by atoms with E-state index in [0.717, 1.165) is 0 Å². The maximum Gasteiger partial charge on any atom is 0.180 e. The quantitative estimate of drug-likeness (QED) is 0.843. The lowest BCUT2D eigenvalue weighted by atomic mass is 10.2. The van der Waals surface area contributed by atoms with E-state index in [-0.39, 0.29) is 17.2 Å². The second-order valence-corrected chi connectivity index (χ2v) is 4.41. The highest BCUT2D eigenvalue weighted by atomic mass is 79.9. The molecule has 0 saturated carbocycles. The molecule has 1 aromatic rings. The number of halogens is 2. The van der Waals surface area contributed by atoms with E-state index in [1.54, 1.807) is 0 Å². The number of hydrogen-bond donors (Lipinski definition) is 0. The zero-order chi connectivity index (χ0) is 11.4. The van der Waals surface area contributed by atoms with E-state index in [1.807, 2.05) is 19.9 Å². The first-order valence-corrected chi connectivity index (χ1v) is 5.36. The second-order valence-electron chi connectivity index (χ2n) is 3.55. The predicted octanol–water partition coefficient (Wildman–Crippen LogP) is 3.49. The van der Waals surface area contributed by atoms with E-state index in [2.05, 4.69) is 15.9 Å². The van der Waals surface area contributed by atoms with Gasteiger partial charge in [-0.25, -0.2) is 4.39 Å². The average Bonchev–Trinajstić information content (AvgIpc) is 2.20. The third-order valence-corrected chi connectivity index (χ3v) is 2.34. The van der Waals surface area contributed by atoms with Crippen LogP contribution in [-0.2, 0) is 0 Å². The number of nitriles is 1. The van der Waals surface area contributed by atoms with Gasteiger partial charge in [0, 0.05) is 0 Å². The number of rotatable bonds is 3. The number of nitrogens with zero attached hydrogens (tertiary/aromatic N) is 1. The van der Waals surface area contributed by atoms with Crippen LogP contribution in [0.15, 0.2) is 16.6 Å². The van der Waals surface area contributed by atoms with Crippen LogP contribution in [0.1, 0.15) is 19.4 Å². The molecule has 80 valence electrons. The normalized spacial score (nSPS) is 10.1. The van der Waals surface area contributed by atoms with Crippen LogP contribution in [-0.4, -0.2) is 6.61 Å². The molecular weight excluding hydrogens is 261 g/mol. The molecule has 0 N–H and O–H groups in total. The van der Waals surface area contributed by atoms with Crippen molar-refractivity contribution in [3.63, 3.8) is 0 Å². The van der Waals surface area contributed by atoms with Crippen molar-refractivity contribution < 1.29 is 9.13 Å². The topological polar surface area (TPSA) is 33.0 Å². The number of ether oxygens (including phenoxy) is 1. The maximum atomic E-state index is 13.6. The lowest BCUT2D eigenvalue weighted by Gasteiger charge is -2.11. The van der Waals surface area contributed by atoms with Gasteiger partial charge in [0.1, 0.15) is 6.07 Å². The van der Waals surface area contributed by atoms with Crippen LogP contribution in [0.5, 0.6) is 5.75 Å². The molecule has 0 radical (unpaired) electrons. The Morgan fingerprint density at radius 3 is 2.73 bits per heavy atom. The summed E-state index contributed by atoms with van der Waals surface area (Å²) < 4.78 is 19.2. The molecule has 0 fully saturated rings. The van der Waals surface area contributed by atoms with Crippen molar-refractivity contribution in [1.29, 1.82) is 5.26 Å². The van der Waals surface area contributed by atoms with Crippen molar-refractivity contribution >= 4 is 15.9 Å². The maximum absolute atomic E-state index is 13.6. The van der Waals surface area contributed by atoms with E-state index in [0.29, 0.717) is 11.1 Å². The van der Waals surface area contributed by atoms with Gasteiger partial charge in [0.05, 0.1) is 16.6 Å². The summed E-state index contributed by atoms with van der Waals surface area (Å²) >= 11 is 3.05. The van der Waals surface area contributed by atoms with Gasteiger partial charge in [-0.05, 0) is 34.0 Å². The Morgan fingerprint density at radius 1 is 1.53 bits per heavy atom. The molecule has 0 bridgehead atoms. The fraction of sp³-hybridized carbons (Fsp3) is 0.364. The summed E-state index contributed by atoms with van der Waals surface area (Å²) in [5.74, 6) is -0.204. The highest BCUT2D eigenvalue weighted by molar-refractivity contribution is 9.10. The van der Waals surface area contributed by atoms with Gasteiger partial charge < -0.3 is 4.74 Å². The van der Waals surface area contributed by atoms with Crippen molar-refractivity contribution in [2.45, 2.75) is 13.8 Å². The minimum absolute atomic E-state index is 0.0283. The van der Waals surface area contributed by atoms with Gasteiger partial charge in [0.15, 0.2) is 11.6 Å². The zero-order valence-corrected chi connectivity index (χ0v) is 10.1. The largest absolute Gasteiger partial charge is 0.489 e. The molecule has 1 rings (SSSR count). The van der Waals surface area contributed by atoms with Crippen LogP contribution in [0.25, 0.3) is 0 Å². The van der Waals surface area contributed by atoms with E-state index < -0.39 is 5.82 Å². The lowest BCUT2D eigenvalue weighted by molar-refractivity contribution is 0.258. The van der Waals surface area contributed by atoms with Crippen molar-refractivity contribution in [2.24, 2.45) is 5.92 Å². The standard InChI is InChI=1S/C11H11BrFNO/c1-7(2)6-15-11-8(5-14)3-4-9(12)10(11)13/h3-4,7H,6H2,1-2H3. The Labute approximate surface area is 96.8 Å². The Balaban J connectivity index is 3.03. The van der Waals surface area contributed by atoms with Crippen molar-refractivity contribution in [1.82, 2.24) is 0 Å². The van der Waals surface area contributed by atoms with Crippen molar-refractivity contribution in [3.8, 4) is 11.8 Å². The molecule has 0 aliphatic rings. The van der Waals surface area contributed by atoms with E-state index in [1.165, 1.54) is 12.1 Å². The SMILES string of the molecule is CC(C)COc1c(C#N)ccc(Br)c1F. The smallest absolute Gasteiger partial charge is 0.180 e. The second kappa shape index (κ2) is 5.13. The summed E-state index contributed by atoms with van der Waals surface area (Å²) in [6.07, 6.45) is 0. The minimum atomic E-state index is -0.519. The Hall–Kier alpha value is -1.08. The fourth-order valence-corrected chi connectivity index (χ4v) is 1.32. The van der Waals surface area contributed by atoms with Gasteiger partial charge in [-0.15, -0.1) is 0 Å². The molecule has 0 spiro atoms. The number of hydrogen-bond acceptors (Lipinski definition) is 2. The summed E-state index contributed by atoms with van der Waals surface area (Å²) in [5.41, 5.74) is 0.219. The molecule has 0 atom stereocenters. The molecule has 0 unspecified atom stereocenters. The molecule has 4 heteroatoms. The molecule has 0 heterocycles. The van der Waals surface area contributed by atoms with Crippen LogP contribution in [0.3, 0.4) is 0 Å². The van der Waals surface area contributed by atoms with Gasteiger partial charge in [-0.1, -0.05) is 13.8 Å². The number of benzene rings is 1. The monoisotopic (exact) mass is 271 g/mol. The minimum Gasteiger partial charge on any atom is -0.489 e. The summed E-state index contributed by atoms with van der Waals surface area (Å²) in [6, 6.07) is 4.93. The van der Waals surface area contributed by atoms with Gasteiger partial charge in [0.25, 0.3) is 0 Å². The van der Waals surface area contributed by atoms with Crippen LogP contribution in [0.4, 0.5) is 4.39 Å². The summed E-state index contributed by atoms with van der Waals surface area (Å²) in [4.78, 5) is 0. The van der Waals surface area contributed by atoms with E-state index in [4.69, 9.17) is 10.00 Å². The average molecular weight is 272 g/mol. The highest BCUT2D eigenvalue weighted by Crippen LogP contribution is 2.28. The van der Waals surface area contributed by atoms with Gasteiger partial charge >= 0.3 is 0 Å². The highest BCUT2D eigenvalue weighted by Gasteiger charge is 2.13. The molecule has 0 aromatic heterocycles. The lowest BCUT2D eigenvalue weighted by Crippen LogP contribution is -2.07. The zero-order valence-electron chi connectivity index (χ0n) is 8.55. The molecule has 0 aliphatic carbocycles. The molecule has 0 amide bonds. The molecular formula is C11H11BrFNO. The third-order valence-electron chi connectivity index (χ3n) is 1.73. The van der Waals surface area contributed by atoms with E-state index >= 15 is 0 Å². The molecule has 15 heavy (non-hydrogen) atoms.